The number of nitrogens with one attached hydrogen (secondary N) is 1. The number of piperidine rings is 1. The van der Waals surface area contributed by atoms with E-state index in [0.29, 0.717) is 13.1 Å². The Kier molecular flexibility index (Phi) is 3.57. The minimum absolute atomic E-state index is 0.0778. The summed E-state index contributed by atoms with van der Waals surface area (Å²) < 4.78 is 0. The third kappa shape index (κ3) is 2.48. The molecule has 2 aliphatic rings. The first-order valence-corrected chi connectivity index (χ1v) is 7.27. The van der Waals surface area contributed by atoms with Gasteiger partial charge in [-0.2, -0.15) is 0 Å². The maximum atomic E-state index is 12.4. The van der Waals surface area contributed by atoms with Gasteiger partial charge in [-0.3, -0.25) is 14.5 Å². The summed E-state index contributed by atoms with van der Waals surface area (Å²) in [6, 6.07) is 7.91. The number of benzene rings is 1. The van der Waals surface area contributed by atoms with Crippen molar-refractivity contribution in [3.05, 3.63) is 35.4 Å². The number of hydrogen-bond acceptors (Lipinski definition) is 3. The topological polar surface area (TPSA) is 49.4 Å². The molecule has 2 saturated heterocycles. The largest absolute Gasteiger partial charge is 0.354 e. The Balaban J connectivity index is 1.71. The SMILES string of the molecule is Cc1cccc(C(=O)CN2CCCC3C(=O)NCC32)c1. The fourth-order valence-electron chi connectivity index (χ4n) is 3.33. The zero-order valence-corrected chi connectivity index (χ0v) is 11.8. The molecule has 2 unspecified atom stereocenters. The number of nitrogens with zero attached hydrogens (tertiary/aromatic N) is 1. The van der Waals surface area contributed by atoms with Crippen LogP contribution in [0.1, 0.15) is 28.8 Å². The Morgan fingerprint density at radius 2 is 2.30 bits per heavy atom. The summed E-state index contributed by atoms with van der Waals surface area (Å²) in [7, 11) is 0. The van der Waals surface area contributed by atoms with Crippen molar-refractivity contribution in [1.82, 2.24) is 10.2 Å². The van der Waals surface area contributed by atoms with Crippen molar-refractivity contribution in [3.63, 3.8) is 0 Å². The number of hydrogen-bond donors (Lipinski definition) is 1. The van der Waals surface area contributed by atoms with Gasteiger partial charge in [-0.1, -0.05) is 23.8 Å². The molecule has 3 rings (SSSR count). The highest BCUT2D eigenvalue weighted by molar-refractivity contribution is 5.97. The summed E-state index contributed by atoms with van der Waals surface area (Å²) in [4.78, 5) is 26.3. The van der Waals surface area contributed by atoms with Gasteiger partial charge in [0.2, 0.25) is 5.91 Å². The number of aryl methyl sites for hydroxylation is 1. The second-order valence-electron chi connectivity index (χ2n) is 5.82. The van der Waals surface area contributed by atoms with E-state index in [-0.39, 0.29) is 23.7 Å². The van der Waals surface area contributed by atoms with Gasteiger partial charge in [-0.15, -0.1) is 0 Å². The van der Waals surface area contributed by atoms with E-state index in [9.17, 15) is 9.59 Å². The van der Waals surface area contributed by atoms with E-state index >= 15 is 0 Å². The molecule has 2 fully saturated rings. The molecule has 4 nitrogen and oxygen atoms in total. The van der Waals surface area contributed by atoms with Gasteiger partial charge >= 0.3 is 0 Å². The number of carbonyl (C=O) groups excluding carboxylic acids is 2. The van der Waals surface area contributed by atoms with E-state index in [0.717, 1.165) is 30.5 Å². The molecule has 4 heteroatoms. The monoisotopic (exact) mass is 272 g/mol. The third-order valence-corrected chi connectivity index (χ3v) is 4.40. The molecule has 0 aromatic heterocycles. The molecule has 1 aromatic carbocycles. The number of likely N-dealkylation sites (tertiary alicyclic amines) is 1. The maximum absolute atomic E-state index is 12.4. The second-order valence-corrected chi connectivity index (χ2v) is 5.82. The first kappa shape index (κ1) is 13.3. The average Bonchev–Trinajstić information content (AvgIpc) is 2.82. The predicted octanol–water partition coefficient (Wildman–Crippen LogP) is 1.39. The standard InChI is InChI=1S/C16H20N2O2/c1-11-4-2-5-12(8-11)15(19)10-18-7-3-6-13-14(18)9-17-16(13)20/h2,4-5,8,13-14H,3,6-7,9-10H2,1H3,(H,17,20). The number of ketones is 1. The van der Waals surface area contributed by atoms with Crippen molar-refractivity contribution >= 4 is 11.7 Å². The minimum Gasteiger partial charge on any atom is -0.354 e. The molecule has 1 N–H and O–H groups in total. The Morgan fingerprint density at radius 1 is 1.45 bits per heavy atom. The number of Topliss-reactive ketones (excluding diaryl/α,β-unsaturated/α-hetero) is 1. The van der Waals surface area contributed by atoms with Crippen molar-refractivity contribution in [2.24, 2.45) is 5.92 Å². The Hall–Kier alpha value is -1.68. The summed E-state index contributed by atoms with van der Waals surface area (Å²) >= 11 is 0. The highest BCUT2D eigenvalue weighted by atomic mass is 16.2. The van der Waals surface area contributed by atoms with Crippen molar-refractivity contribution < 1.29 is 9.59 Å². The number of carbonyl (C=O) groups is 2. The summed E-state index contributed by atoms with van der Waals surface area (Å²) in [5.41, 5.74) is 1.87. The van der Waals surface area contributed by atoms with Crippen LogP contribution < -0.4 is 5.32 Å². The maximum Gasteiger partial charge on any atom is 0.224 e. The molecule has 2 aliphatic heterocycles. The van der Waals surface area contributed by atoms with E-state index < -0.39 is 0 Å². The van der Waals surface area contributed by atoms with Gasteiger partial charge in [0, 0.05) is 18.2 Å². The molecule has 1 aromatic rings. The smallest absolute Gasteiger partial charge is 0.224 e. The van der Waals surface area contributed by atoms with Crippen LogP contribution in [0.25, 0.3) is 0 Å². The van der Waals surface area contributed by atoms with Crippen LogP contribution in [0.4, 0.5) is 0 Å². The van der Waals surface area contributed by atoms with Gasteiger partial charge in [-0.25, -0.2) is 0 Å². The van der Waals surface area contributed by atoms with Crippen LogP contribution in [0, 0.1) is 12.8 Å². The van der Waals surface area contributed by atoms with Crippen LogP contribution in [0.2, 0.25) is 0 Å². The summed E-state index contributed by atoms with van der Waals surface area (Å²) in [6.07, 6.45) is 1.95. The number of fused-ring (bicyclic) bond motifs is 1. The van der Waals surface area contributed by atoms with Crippen LogP contribution in [-0.4, -0.2) is 42.3 Å². The molecule has 1 amide bonds. The fourth-order valence-corrected chi connectivity index (χ4v) is 3.33. The fraction of sp³-hybridized carbons (Fsp3) is 0.500. The zero-order valence-electron chi connectivity index (χ0n) is 11.8. The minimum atomic E-state index is 0.0778. The molecule has 0 radical (unpaired) electrons. The van der Waals surface area contributed by atoms with Crippen LogP contribution in [-0.2, 0) is 4.79 Å². The molecule has 0 saturated carbocycles. The van der Waals surface area contributed by atoms with Crippen molar-refractivity contribution in [3.8, 4) is 0 Å². The normalized spacial score (nSPS) is 26.1. The first-order valence-electron chi connectivity index (χ1n) is 7.27. The molecule has 106 valence electrons. The average molecular weight is 272 g/mol. The predicted molar refractivity (Wildman–Crippen MR) is 76.6 cm³/mol. The molecule has 2 heterocycles. The van der Waals surface area contributed by atoms with E-state index in [2.05, 4.69) is 10.2 Å². The molecule has 20 heavy (non-hydrogen) atoms. The Morgan fingerprint density at radius 3 is 3.10 bits per heavy atom. The molecule has 2 atom stereocenters. The molecule has 0 bridgehead atoms. The summed E-state index contributed by atoms with van der Waals surface area (Å²) in [6.45, 7) is 4.01. The lowest BCUT2D eigenvalue weighted by Crippen LogP contribution is -2.47. The lowest BCUT2D eigenvalue weighted by molar-refractivity contribution is -0.124. The molecule has 0 spiro atoms. The van der Waals surface area contributed by atoms with Crippen LogP contribution in [0.3, 0.4) is 0 Å². The zero-order chi connectivity index (χ0) is 14.1. The van der Waals surface area contributed by atoms with E-state index in [4.69, 9.17) is 0 Å². The molecular formula is C16H20N2O2. The van der Waals surface area contributed by atoms with Gasteiger partial charge in [0.1, 0.15) is 0 Å². The van der Waals surface area contributed by atoms with E-state index in [1.807, 2.05) is 31.2 Å². The van der Waals surface area contributed by atoms with Gasteiger partial charge in [0.25, 0.3) is 0 Å². The number of amides is 1. The Labute approximate surface area is 119 Å². The van der Waals surface area contributed by atoms with Gasteiger partial charge in [0.15, 0.2) is 5.78 Å². The summed E-state index contributed by atoms with van der Waals surface area (Å²) in [5, 5.41) is 2.92. The van der Waals surface area contributed by atoms with Crippen molar-refractivity contribution in [2.45, 2.75) is 25.8 Å². The molecular weight excluding hydrogens is 252 g/mol. The van der Waals surface area contributed by atoms with Crippen molar-refractivity contribution in [1.29, 1.82) is 0 Å². The third-order valence-electron chi connectivity index (χ3n) is 4.40. The van der Waals surface area contributed by atoms with Gasteiger partial charge in [-0.05, 0) is 32.4 Å². The lowest BCUT2D eigenvalue weighted by atomic mass is 9.91. The van der Waals surface area contributed by atoms with Gasteiger partial charge < -0.3 is 5.32 Å². The van der Waals surface area contributed by atoms with Crippen LogP contribution in [0.5, 0.6) is 0 Å². The van der Waals surface area contributed by atoms with E-state index in [1.165, 1.54) is 0 Å². The summed E-state index contributed by atoms with van der Waals surface area (Å²) in [5.74, 6) is 0.380. The second kappa shape index (κ2) is 5.37. The number of rotatable bonds is 3. The Bertz CT molecular complexity index is 541. The van der Waals surface area contributed by atoms with Crippen molar-refractivity contribution in [2.75, 3.05) is 19.6 Å². The lowest BCUT2D eigenvalue weighted by Gasteiger charge is -2.35. The van der Waals surface area contributed by atoms with E-state index in [1.54, 1.807) is 0 Å². The first-order chi connectivity index (χ1) is 9.65. The van der Waals surface area contributed by atoms with Crippen LogP contribution in [0.15, 0.2) is 24.3 Å². The highest BCUT2D eigenvalue weighted by Crippen LogP contribution is 2.27. The quantitative estimate of drug-likeness (QED) is 0.846. The highest BCUT2D eigenvalue weighted by Gasteiger charge is 2.41. The van der Waals surface area contributed by atoms with Gasteiger partial charge in [0.05, 0.1) is 12.5 Å². The van der Waals surface area contributed by atoms with Crippen LogP contribution >= 0.6 is 0 Å². The molecule has 0 aliphatic carbocycles.